The molecule has 0 radical (unpaired) electrons. The van der Waals surface area contributed by atoms with Crippen molar-refractivity contribution in [1.82, 2.24) is 0 Å². The maximum atomic E-state index is 10.9. The molecule has 1 unspecified atom stereocenters. The summed E-state index contributed by atoms with van der Waals surface area (Å²) in [6.45, 7) is 3.71. The largest absolute Gasteiger partial charge is 0.386 e. The van der Waals surface area contributed by atoms with Gasteiger partial charge in [-0.15, -0.1) is 0 Å². The molecule has 128 valence electrons. The predicted octanol–water partition coefficient (Wildman–Crippen LogP) is 3.63. The summed E-state index contributed by atoms with van der Waals surface area (Å²) in [4.78, 5) is 0. The Balaban J connectivity index is 1.91. The Morgan fingerprint density at radius 3 is 1.92 bits per heavy atom. The molecule has 4 atom stereocenters. The fourth-order valence-electron chi connectivity index (χ4n) is 3.24. The maximum Gasteiger partial charge on any atom is 0.164 e. The molecular formula is C20H24O4. The van der Waals surface area contributed by atoms with Crippen molar-refractivity contribution in [3.63, 3.8) is 0 Å². The molecule has 1 heterocycles. The van der Waals surface area contributed by atoms with E-state index in [1.165, 1.54) is 0 Å². The molecule has 24 heavy (non-hydrogen) atoms. The van der Waals surface area contributed by atoms with Crippen LogP contribution in [0.15, 0.2) is 60.7 Å². The van der Waals surface area contributed by atoms with Gasteiger partial charge in [-0.25, -0.2) is 0 Å². The predicted molar refractivity (Wildman–Crippen MR) is 91.4 cm³/mol. The molecule has 0 saturated carbocycles. The van der Waals surface area contributed by atoms with Gasteiger partial charge in [0.25, 0.3) is 0 Å². The molecular weight excluding hydrogens is 304 g/mol. The Bertz CT molecular complexity index is 641. The third-order valence-corrected chi connectivity index (χ3v) is 4.30. The van der Waals surface area contributed by atoms with Gasteiger partial charge in [-0.3, -0.25) is 0 Å². The van der Waals surface area contributed by atoms with Gasteiger partial charge in [-0.2, -0.15) is 0 Å². The minimum atomic E-state index is -0.792. The molecule has 1 N–H and O–H groups in total. The van der Waals surface area contributed by atoms with Crippen LogP contribution in [-0.4, -0.2) is 30.2 Å². The monoisotopic (exact) mass is 328 g/mol. The molecule has 2 aromatic carbocycles. The van der Waals surface area contributed by atoms with Crippen molar-refractivity contribution >= 4 is 0 Å². The number of methoxy groups -OCH3 is 1. The van der Waals surface area contributed by atoms with Crippen LogP contribution in [0, 0.1) is 0 Å². The van der Waals surface area contributed by atoms with E-state index in [4.69, 9.17) is 14.2 Å². The van der Waals surface area contributed by atoms with Crippen LogP contribution in [0.1, 0.15) is 37.2 Å². The third-order valence-electron chi connectivity index (χ3n) is 4.30. The molecule has 1 fully saturated rings. The SMILES string of the molecule is CO[C@H](c1ccccc1)C1OC(C)(C)O[C@H]1[C@H](O)c1ccccc1. The smallest absolute Gasteiger partial charge is 0.164 e. The minimum Gasteiger partial charge on any atom is -0.386 e. The zero-order valence-electron chi connectivity index (χ0n) is 14.3. The minimum absolute atomic E-state index is 0.323. The van der Waals surface area contributed by atoms with Gasteiger partial charge in [0.05, 0.1) is 0 Å². The first-order valence-electron chi connectivity index (χ1n) is 8.18. The van der Waals surface area contributed by atoms with Crippen LogP contribution < -0.4 is 0 Å². The van der Waals surface area contributed by atoms with E-state index >= 15 is 0 Å². The van der Waals surface area contributed by atoms with Crippen molar-refractivity contribution in [2.45, 2.75) is 44.1 Å². The summed E-state index contributed by atoms with van der Waals surface area (Å²) in [5.41, 5.74) is 1.80. The van der Waals surface area contributed by atoms with Gasteiger partial charge in [0, 0.05) is 7.11 Å². The summed E-state index contributed by atoms with van der Waals surface area (Å²) in [7, 11) is 1.65. The number of aliphatic hydroxyl groups excluding tert-OH is 1. The highest BCUT2D eigenvalue weighted by Crippen LogP contribution is 2.41. The van der Waals surface area contributed by atoms with Crippen molar-refractivity contribution in [1.29, 1.82) is 0 Å². The Kier molecular flexibility index (Phi) is 5.01. The van der Waals surface area contributed by atoms with Crippen LogP contribution in [0.2, 0.25) is 0 Å². The maximum absolute atomic E-state index is 10.9. The Morgan fingerprint density at radius 1 is 0.875 bits per heavy atom. The molecule has 1 aliphatic heterocycles. The van der Waals surface area contributed by atoms with Crippen LogP contribution in [0.4, 0.5) is 0 Å². The Morgan fingerprint density at radius 2 is 1.38 bits per heavy atom. The molecule has 4 heteroatoms. The number of benzene rings is 2. The lowest BCUT2D eigenvalue weighted by Gasteiger charge is -2.28. The number of hydrogen-bond donors (Lipinski definition) is 1. The van der Waals surface area contributed by atoms with Gasteiger partial charge in [0.15, 0.2) is 5.79 Å². The first kappa shape index (κ1) is 17.1. The Labute approximate surface area is 143 Å². The molecule has 1 saturated heterocycles. The zero-order chi connectivity index (χ0) is 17.2. The molecule has 0 amide bonds. The quantitative estimate of drug-likeness (QED) is 0.910. The molecule has 4 nitrogen and oxygen atoms in total. The summed E-state index contributed by atoms with van der Waals surface area (Å²) >= 11 is 0. The van der Waals surface area contributed by atoms with E-state index in [9.17, 15) is 5.11 Å². The second-order valence-corrected chi connectivity index (χ2v) is 6.49. The number of rotatable bonds is 5. The van der Waals surface area contributed by atoms with E-state index in [1.807, 2.05) is 74.5 Å². The van der Waals surface area contributed by atoms with Crippen LogP contribution in [0.5, 0.6) is 0 Å². The average molecular weight is 328 g/mol. The molecule has 0 aliphatic carbocycles. The van der Waals surface area contributed by atoms with Gasteiger partial charge in [0.2, 0.25) is 0 Å². The highest BCUT2D eigenvalue weighted by Gasteiger charge is 2.49. The zero-order valence-corrected chi connectivity index (χ0v) is 14.3. The van der Waals surface area contributed by atoms with Crippen molar-refractivity contribution < 1.29 is 19.3 Å². The lowest BCUT2D eigenvalue weighted by molar-refractivity contribution is -0.162. The summed E-state index contributed by atoms with van der Waals surface area (Å²) in [6.07, 6.45) is -2.05. The third kappa shape index (κ3) is 3.52. The topological polar surface area (TPSA) is 47.9 Å². The number of ether oxygens (including phenoxy) is 3. The molecule has 3 rings (SSSR count). The highest BCUT2D eigenvalue weighted by atomic mass is 16.8. The molecule has 2 aromatic rings. The first-order chi connectivity index (χ1) is 11.5. The fourth-order valence-corrected chi connectivity index (χ4v) is 3.24. The van der Waals surface area contributed by atoms with Crippen LogP contribution in [0.25, 0.3) is 0 Å². The number of hydrogen-bond acceptors (Lipinski definition) is 4. The van der Waals surface area contributed by atoms with Crippen molar-refractivity contribution in [2.24, 2.45) is 0 Å². The van der Waals surface area contributed by atoms with Gasteiger partial charge in [-0.05, 0) is 25.0 Å². The van der Waals surface area contributed by atoms with E-state index in [1.54, 1.807) is 7.11 Å². The lowest BCUT2D eigenvalue weighted by Crippen LogP contribution is -2.35. The lowest BCUT2D eigenvalue weighted by atomic mass is 9.94. The van der Waals surface area contributed by atoms with Crippen molar-refractivity contribution in [3.05, 3.63) is 71.8 Å². The second kappa shape index (κ2) is 7.03. The summed E-state index contributed by atoms with van der Waals surface area (Å²) < 4.78 is 17.8. The fraction of sp³-hybridized carbons (Fsp3) is 0.400. The molecule has 0 aromatic heterocycles. The summed E-state index contributed by atoms with van der Waals surface area (Å²) in [5, 5.41) is 10.9. The van der Waals surface area contributed by atoms with Crippen LogP contribution in [-0.2, 0) is 14.2 Å². The van der Waals surface area contributed by atoms with E-state index < -0.39 is 24.1 Å². The normalized spacial score (nSPS) is 25.3. The number of aliphatic hydroxyl groups is 1. The average Bonchev–Trinajstić information content (AvgIpc) is 2.92. The van der Waals surface area contributed by atoms with Crippen LogP contribution in [0.3, 0.4) is 0 Å². The van der Waals surface area contributed by atoms with E-state index in [2.05, 4.69) is 0 Å². The first-order valence-corrected chi connectivity index (χ1v) is 8.18. The van der Waals surface area contributed by atoms with Gasteiger partial charge >= 0.3 is 0 Å². The highest BCUT2D eigenvalue weighted by molar-refractivity contribution is 5.23. The second-order valence-electron chi connectivity index (χ2n) is 6.49. The molecule has 1 aliphatic rings. The van der Waals surface area contributed by atoms with Gasteiger partial charge in [-0.1, -0.05) is 60.7 Å². The van der Waals surface area contributed by atoms with Gasteiger partial charge in [0.1, 0.15) is 24.4 Å². The summed E-state index contributed by atoms with van der Waals surface area (Å²) in [6, 6.07) is 19.4. The molecule has 0 bridgehead atoms. The standard InChI is InChI=1S/C20H24O4/c1-20(2)23-18(16(21)14-10-6-4-7-11-14)19(24-20)17(22-3)15-12-8-5-9-13-15/h4-13,16-19,21H,1-3H3/t16-,17-,18+,19?/m1/s1. The molecule has 0 spiro atoms. The van der Waals surface area contributed by atoms with Crippen molar-refractivity contribution in [3.8, 4) is 0 Å². The van der Waals surface area contributed by atoms with E-state index in [0.717, 1.165) is 11.1 Å². The van der Waals surface area contributed by atoms with Gasteiger partial charge < -0.3 is 19.3 Å². The van der Waals surface area contributed by atoms with Crippen molar-refractivity contribution in [2.75, 3.05) is 7.11 Å². The van der Waals surface area contributed by atoms with E-state index in [0.29, 0.717) is 0 Å². The Hall–Kier alpha value is -1.72. The van der Waals surface area contributed by atoms with Crippen LogP contribution >= 0.6 is 0 Å². The summed E-state index contributed by atoms with van der Waals surface area (Å²) in [5.74, 6) is -0.781. The van der Waals surface area contributed by atoms with E-state index in [-0.39, 0.29) is 6.10 Å².